The number of allylic oxidation sites excluding steroid dienone is 1. The quantitative estimate of drug-likeness (QED) is 0.467. The lowest BCUT2D eigenvalue weighted by Crippen LogP contribution is -2.36. The molecule has 0 bridgehead atoms. The van der Waals surface area contributed by atoms with Crippen molar-refractivity contribution in [3.05, 3.63) is 11.6 Å². The highest BCUT2D eigenvalue weighted by atomic mass is 16.5. The van der Waals surface area contributed by atoms with E-state index < -0.39 is 0 Å². The normalized spacial score (nSPS) is 34.2. The predicted molar refractivity (Wildman–Crippen MR) is 96.3 cm³/mol. The molecule has 0 radical (unpaired) electrons. The lowest BCUT2D eigenvalue weighted by atomic mass is 9.82. The van der Waals surface area contributed by atoms with Crippen molar-refractivity contribution in [2.24, 2.45) is 5.92 Å². The maximum absolute atomic E-state index is 5.61. The molecule has 0 saturated heterocycles. The summed E-state index contributed by atoms with van der Waals surface area (Å²) in [6.45, 7) is 0. The molecule has 0 aromatic heterocycles. The molecule has 0 N–H and O–H groups in total. The van der Waals surface area contributed by atoms with Gasteiger partial charge in [-0.05, 0) is 50.9 Å². The first-order chi connectivity index (χ1) is 11.7. The van der Waals surface area contributed by atoms with Gasteiger partial charge in [0.25, 0.3) is 0 Å². The van der Waals surface area contributed by atoms with E-state index in [0.29, 0.717) is 6.10 Å². The molecule has 140 valence electrons. The number of ether oxygens (including phenoxy) is 4. The second-order valence-electron chi connectivity index (χ2n) is 7.31. The van der Waals surface area contributed by atoms with Crippen LogP contribution in [0.15, 0.2) is 11.6 Å². The SMILES string of the molecule is COC1C=C(CCCCC2CCC(OC)C(OC)C2)CCC1OC. The first kappa shape index (κ1) is 19.9. The summed E-state index contributed by atoms with van der Waals surface area (Å²) in [5, 5.41) is 0. The lowest BCUT2D eigenvalue weighted by Gasteiger charge is -2.34. The van der Waals surface area contributed by atoms with Gasteiger partial charge in [-0.3, -0.25) is 0 Å². The van der Waals surface area contributed by atoms with Crippen molar-refractivity contribution in [1.29, 1.82) is 0 Å². The van der Waals surface area contributed by atoms with Gasteiger partial charge < -0.3 is 18.9 Å². The van der Waals surface area contributed by atoms with Gasteiger partial charge in [0, 0.05) is 28.4 Å². The average Bonchev–Trinajstić information content (AvgIpc) is 2.64. The molecule has 1 fully saturated rings. The third-order valence-corrected chi connectivity index (χ3v) is 5.90. The van der Waals surface area contributed by atoms with Crippen molar-refractivity contribution >= 4 is 0 Å². The molecule has 2 rings (SSSR count). The Kier molecular flexibility index (Phi) is 8.74. The number of hydrogen-bond donors (Lipinski definition) is 0. The molecule has 4 heteroatoms. The Hall–Kier alpha value is -0.420. The summed E-state index contributed by atoms with van der Waals surface area (Å²) in [4.78, 5) is 0. The van der Waals surface area contributed by atoms with Crippen molar-refractivity contribution in [2.75, 3.05) is 28.4 Å². The molecule has 2 aliphatic carbocycles. The molecule has 1 saturated carbocycles. The molecule has 2 aliphatic rings. The Morgan fingerprint density at radius 1 is 0.833 bits per heavy atom. The minimum atomic E-state index is 0.130. The van der Waals surface area contributed by atoms with E-state index in [9.17, 15) is 0 Å². The van der Waals surface area contributed by atoms with Crippen LogP contribution in [0.25, 0.3) is 0 Å². The van der Waals surface area contributed by atoms with Gasteiger partial charge in [0.2, 0.25) is 0 Å². The minimum absolute atomic E-state index is 0.130. The van der Waals surface area contributed by atoms with Gasteiger partial charge in [0.05, 0.1) is 18.3 Å². The van der Waals surface area contributed by atoms with Crippen molar-refractivity contribution < 1.29 is 18.9 Å². The Balaban J connectivity index is 1.67. The smallest absolute Gasteiger partial charge is 0.102 e. The van der Waals surface area contributed by atoms with Gasteiger partial charge in [0.1, 0.15) is 6.10 Å². The van der Waals surface area contributed by atoms with Gasteiger partial charge >= 0.3 is 0 Å². The fraction of sp³-hybridized carbons (Fsp3) is 0.900. The first-order valence-corrected chi connectivity index (χ1v) is 9.52. The second-order valence-corrected chi connectivity index (χ2v) is 7.31. The van der Waals surface area contributed by atoms with Crippen LogP contribution in [0.5, 0.6) is 0 Å². The molecule has 5 atom stereocenters. The fourth-order valence-corrected chi connectivity index (χ4v) is 4.34. The number of unbranched alkanes of at least 4 members (excludes halogenated alkanes) is 1. The zero-order valence-corrected chi connectivity index (χ0v) is 16.0. The molecular weight excluding hydrogens is 304 g/mol. The zero-order valence-electron chi connectivity index (χ0n) is 16.0. The molecule has 5 unspecified atom stereocenters. The Labute approximate surface area is 147 Å². The standard InChI is InChI=1S/C20H36O4/c1-21-17-11-9-15(13-19(17)23-3)7-5-6-8-16-10-12-18(22-2)20(14-16)24-4/h13,16-20H,5-12,14H2,1-4H3. The summed E-state index contributed by atoms with van der Waals surface area (Å²) >= 11 is 0. The summed E-state index contributed by atoms with van der Waals surface area (Å²) in [6.07, 6.45) is 14.1. The van der Waals surface area contributed by atoms with Crippen LogP contribution < -0.4 is 0 Å². The van der Waals surface area contributed by atoms with E-state index in [2.05, 4.69) is 6.08 Å². The Bertz CT molecular complexity index is 382. The zero-order chi connectivity index (χ0) is 17.4. The molecule has 0 aromatic carbocycles. The summed E-state index contributed by atoms with van der Waals surface area (Å²) in [6, 6.07) is 0. The highest BCUT2D eigenvalue weighted by Gasteiger charge is 2.30. The second kappa shape index (κ2) is 10.5. The van der Waals surface area contributed by atoms with Gasteiger partial charge in [-0.1, -0.05) is 24.5 Å². The van der Waals surface area contributed by atoms with E-state index in [1.165, 1.54) is 32.1 Å². The predicted octanol–water partition coefficient (Wildman–Crippen LogP) is 4.13. The van der Waals surface area contributed by atoms with Crippen LogP contribution in [0.4, 0.5) is 0 Å². The molecule has 0 aliphatic heterocycles. The molecule has 0 heterocycles. The van der Waals surface area contributed by atoms with Gasteiger partial charge in [0.15, 0.2) is 0 Å². The highest BCUT2D eigenvalue weighted by Crippen LogP contribution is 2.32. The summed E-state index contributed by atoms with van der Waals surface area (Å²) in [5.74, 6) is 0.797. The topological polar surface area (TPSA) is 36.9 Å². The third-order valence-electron chi connectivity index (χ3n) is 5.90. The van der Waals surface area contributed by atoms with E-state index in [4.69, 9.17) is 18.9 Å². The highest BCUT2D eigenvalue weighted by molar-refractivity contribution is 5.11. The van der Waals surface area contributed by atoms with Crippen molar-refractivity contribution in [3.8, 4) is 0 Å². The molecule has 0 spiro atoms. The van der Waals surface area contributed by atoms with E-state index in [1.807, 2.05) is 7.11 Å². The Morgan fingerprint density at radius 2 is 1.58 bits per heavy atom. The van der Waals surface area contributed by atoms with Crippen LogP contribution in [0, 0.1) is 5.92 Å². The van der Waals surface area contributed by atoms with Crippen LogP contribution in [0.1, 0.15) is 57.8 Å². The van der Waals surface area contributed by atoms with Crippen LogP contribution >= 0.6 is 0 Å². The van der Waals surface area contributed by atoms with Crippen LogP contribution in [-0.4, -0.2) is 52.9 Å². The van der Waals surface area contributed by atoms with Crippen LogP contribution in [-0.2, 0) is 18.9 Å². The molecular formula is C20H36O4. The van der Waals surface area contributed by atoms with Crippen molar-refractivity contribution in [1.82, 2.24) is 0 Å². The molecule has 0 aromatic rings. The van der Waals surface area contributed by atoms with Gasteiger partial charge in [-0.25, -0.2) is 0 Å². The molecule has 0 amide bonds. The van der Waals surface area contributed by atoms with E-state index in [0.717, 1.165) is 31.6 Å². The lowest BCUT2D eigenvalue weighted by molar-refractivity contribution is -0.0712. The van der Waals surface area contributed by atoms with Gasteiger partial charge in [-0.15, -0.1) is 0 Å². The largest absolute Gasteiger partial charge is 0.379 e. The van der Waals surface area contributed by atoms with E-state index >= 15 is 0 Å². The van der Waals surface area contributed by atoms with Gasteiger partial charge in [-0.2, -0.15) is 0 Å². The Morgan fingerprint density at radius 3 is 2.25 bits per heavy atom. The minimum Gasteiger partial charge on any atom is -0.379 e. The third kappa shape index (κ3) is 5.55. The summed E-state index contributed by atoms with van der Waals surface area (Å²) < 4.78 is 22.2. The number of rotatable bonds is 9. The van der Waals surface area contributed by atoms with Crippen molar-refractivity contribution in [3.63, 3.8) is 0 Å². The maximum Gasteiger partial charge on any atom is 0.102 e. The average molecular weight is 341 g/mol. The summed E-state index contributed by atoms with van der Waals surface area (Å²) in [7, 11) is 7.17. The first-order valence-electron chi connectivity index (χ1n) is 9.52. The number of hydrogen-bond acceptors (Lipinski definition) is 4. The molecule has 24 heavy (non-hydrogen) atoms. The maximum atomic E-state index is 5.61. The van der Waals surface area contributed by atoms with Crippen LogP contribution in [0.2, 0.25) is 0 Å². The summed E-state index contributed by atoms with van der Waals surface area (Å²) in [5.41, 5.74) is 1.55. The van der Waals surface area contributed by atoms with Crippen LogP contribution in [0.3, 0.4) is 0 Å². The number of methoxy groups -OCH3 is 4. The van der Waals surface area contributed by atoms with E-state index in [-0.39, 0.29) is 18.3 Å². The monoisotopic (exact) mass is 340 g/mol. The van der Waals surface area contributed by atoms with Crippen molar-refractivity contribution in [2.45, 2.75) is 82.2 Å². The molecule has 4 nitrogen and oxygen atoms in total. The van der Waals surface area contributed by atoms with E-state index in [1.54, 1.807) is 26.9 Å². The fourth-order valence-electron chi connectivity index (χ4n) is 4.34.